The average Bonchev–Trinajstić information content (AvgIpc) is 2.62. The molecule has 1 N–H and O–H groups in total. The molecule has 0 spiro atoms. The van der Waals surface area contributed by atoms with Crippen molar-refractivity contribution in [1.29, 1.82) is 0 Å². The SMILES string of the molecule is Cc1ccc(CC(=O)Nc2c(C)cc(N3CCOCC3)cc2C)cc1C. The second-order valence-electron chi connectivity index (χ2n) is 7.20. The number of morpholine rings is 1. The van der Waals surface area contributed by atoms with Gasteiger partial charge < -0.3 is 15.0 Å². The van der Waals surface area contributed by atoms with Crippen LogP contribution in [0.15, 0.2) is 30.3 Å². The van der Waals surface area contributed by atoms with Crippen LogP contribution in [0.3, 0.4) is 0 Å². The van der Waals surface area contributed by atoms with E-state index in [0.29, 0.717) is 6.42 Å². The highest BCUT2D eigenvalue weighted by molar-refractivity contribution is 5.94. The first-order chi connectivity index (χ1) is 12.4. The molecule has 1 aliphatic rings. The molecule has 2 aromatic carbocycles. The molecular formula is C22H28N2O2. The molecule has 1 amide bonds. The number of carbonyl (C=O) groups excluding carboxylic acids is 1. The maximum atomic E-state index is 12.5. The molecule has 3 rings (SSSR count). The minimum atomic E-state index is 0.0265. The second-order valence-corrected chi connectivity index (χ2v) is 7.20. The van der Waals surface area contributed by atoms with Crippen LogP contribution < -0.4 is 10.2 Å². The Morgan fingerprint density at radius 1 is 0.962 bits per heavy atom. The first-order valence-corrected chi connectivity index (χ1v) is 9.24. The van der Waals surface area contributed by atoms with Gasteiger partial charge in [-0.15, -0.1) is 0 Å². The molecule has 1 heterocycles. The number of anilines is 2. The quantitative estimate of drug-likeness (QED) is 0.906. The number of aryl methyl sites for hydroxylation is 4. The van der Waals surface area contributed by atoms with E-state index in [4.69, 9.17) is 4.74 Å². The first kappa shape index (κ1) is 18.5. The van der Waals surface area contributed by atoms with Crippen molar-refractivity contribution >= 4 is 17.3 Å². The summed E-state index contributed by atoms with van der Waals surface area (Å²) in [6, 6.07) is 10.5. The number of rotatable bonds is 4. The van der Waals surface area contributed by atoms with Gasteiger partial charge in [0.1, 0.15) is 0 Å². The predicted octanol–water partition coefficient (Wildman–Crippen LogP) is 3.94. The van der Waals surface area contributed by atoms with Crippen molar-refractivity contribution in [3.63, 3.8) is 0 Å². The fourth-order valence-corrected chi connectivity index (χ4v) is 3.42. The van der Waals surface area contributed by atoms with Gasteiger partial charge in [-0.1, -0.05) is 18.2 Å². The van der Waals surface area contributed by atoms with Gasteiger partial charge in [0.05, 0.1) is 19.6 Å². The summed E-state index contributed by atoms with van der Waals surface area (Å²) in [4.78, 5) is 14.9. The van der Waals surface area contributed by atoms with Crippen LogP contribution in [0.2, 0.25) is 0 Å². The number of nitrogens with one attached hydrogen (secondary N) is 1. The van der Waals surface area contributed by atoms with Gasteiger partial charge in [0.25, 0.3) is 0 Å². The van der Waals surface area contributed by atoms with Gasteiger partial charge in [-0.05, 0) is 67.6 Å². The summed E-state index contributed by atoms with van der Waals surface area (Å²) >= 11 is 0. The third kappa shape index (κ3) is 4.25. The number of amides is 1. The Labute approximate surface area is 156 Å². The summed E-state index contributed by atoms with van der Waals surface area (Å²) in [6.45, 7) is 11.6. The molecule has 4 nitrogen and oxygen atoms in total. The molecule has 0 unspecified atom stereocenters. The molecule has 1 fully saturated rings. The van der Waals surface area contributed by atoms with Crippen LogP contribution in [0.5, 0.6) is 0 Å². The Kier molecular flexibility index (Phi) is 5.62. The molecule has 0 radical (unpaired) electrons. The van der Waals surface area contributed by atoms with E-state index in [9.17, 15) is 4.79 Å². The molecule has 26 heavy (non-hydrogen) atoms. The molecule has 0 aromatic heterocycles. The lowest BCUT2D eigenvalue weighted by Gasteiger charge is -2.30. The van der Waals surface area contributed by atoms with Crippen LogP contribution in [0.1, 0.15) is 27.8 Å². The van der Waals surface area contributed by atoms with Crippen LogP contribution in [-0.4, -0.2) is 32.2 Å². The molecule has 0 atom stereocenters. The molecule has 2 aromatic rings. The van der Waals surface area contributed by atoms with Crippen LogP contribution in [0.4, 0.5) is 11.4 Å². The van der Waals surface area contributed by atoms with E-state index in [2.05, 4.69) is 62.2 Å². The second kappa shape index (κ2) is 7.92. The average molecular weight is 352 g/mol. The standard InChI is InChI=1S/C22H28N2O2/c1-15-5-6-19(11-16(15)2)14-21(25)23-22-17(3)12-20(13-18(22)4)24-7-9-26-10-8-24/h5-6,11-13H,7-10,14H2,1-4H3,(H,23,25). The van der Waals surface area contributed by atoms with Crippen molar-refractivity contribution in [2.75, 3.05) is 36.5 Å². The zero-order valence-corrected chi connectivity index (χ0v) is 16.2. The van der Waals surface area contributed by atoms with Gasteiger partial charge in [-0.3, -0.25) is 4.79 Å². The summed E-state index contributed by atoms with van der Waals surface area (Å²) < 4.78 is 5.43. The summed E-state index contributed by atoms with van der Waals surface area (Å²) in [6.07, 6.45) is 0.394. The summed E-state index contributed by atoms with van der Waals surface area (Å²) in [5.41, 5.74) is 7.84. The van der Waals surface area contributed by atoms with E-state index in [0.717, 1.165) is 48.7 Å². The van der Waals surface area contributed by atoms with E-state index < -0.39 is 0 Å². The van der Waals surface area contributed by atoms with Crippen molar-refractivity contribution in [3.05, 3.63) is 58.1 Å². The Hall–Kier alpha value is -2.33. The van der Waals surface area contributed by atoms with Gasteiger partial charge in [-0.25, -0.2) is 0 Å². The highest BCUT2D eigenvalue weighted by Crippen LogP contribution is 2.28. The number of hydrogen-bond acceptors (Lipinski definition) is 3. The molecule has 0 saturated carbocycles. The van der Waals surface area contributed by atoms with Crippen molar-refractivity contribution in [1.82, 2.24) is 0 Å². The maximum absolute atomic E-state index is 12.5. The molecule has 138 valence electrons. The smallest absolute Gasteiger partial charge is 0.228 e. The highest BCUT2D eigenvalue weighted by atomic mass is 16.5. The number of carbonyl (C=O) groups is 1. The van der Waals surface area contributed by atoms with Gasteiger partial charge >= 0.3 is 0 Å². The van der Waals surface area contributed by atoms with Gasteiger partial charge in [0, 0.05) is 24.5 Å². The van der Waals surface area contributed by atoms with Gasteiger partial charge in [0.2, 0.25) is 5.91 Å². The topological polar surface area (TPSA) is 41.6 Å². The molecule has 1 aliphatic heterocycles. The summed E-state index contributed by atoms with van der Waals surface area (Å²) in [7, 11) is 0. The molecular weight excluding hydrogens is 324 g/mol. The van der Waals surface area contributed by atoms with Crippen LogP contribution in [0.25, 0.3) is 0 Å². The van der Waals surface area contributed by atoms with E-state index in [1.165, 1.54) is 16.8 Å². The monoisotopic (exact) mass is 352 g/mol. The lowest BCUT2D eigenvalue weighted by Crippen LogP contribution is -2.36. The highest BCUT2D eigenvalue weighted by Gasteiger charge is 2.15. The van der Waals surface area contributed by atoms with E-state index >= 15 is 0 Å². The first-order valence-electron chi connectivity index (χ1n) is 9.24. The Morgan fingerprint density at radius 3 is 2.23 bits per heavy atom. The number of benzene rings is 2. The maximum Gasteiger partial charge on any atom is 0.228 e. The third-order valence-corrected chi connectivity index (χ3v) is 5.09. The Balaban J connectivity index is 1.72. The zero-order valence-electron chi connectivity index (χ0n) is 16.2. The van der Waals surface area contributed by atoms with E-state index in [1.807, 2.05) is 6.07 Å². The molecule has 0 bridgehead atoms. The summed E-state index contributed by atoms with van der Waals surface area (Å²) in [5.74, 6) is 0.0265. The molecule has 1 saturated heterocycles. The van der Waals surface area contributed by atoms with Gasteiger partial charge in [-0.2, -0.15) is 0 Å². The van der Waals surface area contributed by atoms with Crippen LogP contribution >= 0.6 is 0 Å². The fraction of sp³-hybridized carbons (Fsp3) is 0.409. The number of ether oxygens (including phenoxy) is 1. The van der Waals surface area contributed by atoms with Crippen LogP contribution in [-0.2, 0) is 16.0 Å². The largest absolute Gasteiger partial charge is 0.378 e. The molecule has 4 heteroatoms. The molecule has 0 aliphatic carbocycles. The summed E-state index contributed by atoms with van der Waals surface area (Å²) in [5, 5.41) is 3.11. The van der Waals surface area contributed by atoms with Crippen LogP contribution in [0, 0.1) is 27.7 Å². The fourth-order valence-electron chi connectivity index (χ4n) is 3.42. The lowest BCUT2D eigenvalue weighted by molar-refractivity contribution is -0.115. The minimum absolute atomic E-state index is 0.0265. The Bertz CT molecular complexity index is 785. The van der Waals surface area contributed by atoms with Gasteiger partial charge in [0.15, 0.2) is 0 Å². The van der Waals surface area contributed by atoms with E-state index in [1.54, 1.807) is 0 Å². The van der Waals surface area contributed by atoms with E-state index in [-0.39, 0.29) is 5.91 Å². The third-order valence-electron chi connectivity index (χ3n) is 5.09. The number of nitrogens with zero attached hydrogens (tertiary/aromatic N) is 1. The van der Waals surface area contributed by atoms with Crippen molar-refractivity contribution in [3.8, 4) is 0 Å². The number of hydrogen-bond donors (Lipinski definition) is 1. The lowest BCUT2D eigenvalue weighted by atomic mass is 10.0. The zero-order chi connectivity index (χ0) is 18.7. The predicted molar refractivity (Wildman–Crippen MR) is 107 cm³/mol. The Morgan fingerprint density at radius 2 is 1.62 bits per heavy atom. The van der Waals surface area contributed by atoms with Crippen molar-refractivity contribution in [2.24, 2.45) is 0 Å². The van der Waals surface area contributed by atoms with Crippen molar-refractivity contribution in [2.45, 2.75) is 34.1 Å². The normalized spacial score (nSPS) is 14.4. The van der Waals surface area contributed by atoms with Crippen molar-refractivity contribution < 1.29 is 9.53 Å². The minimum Gasteiger partial charge on any atom is -0.378 e.